The minimum Gasteiger partial charge on any atom is -0.338 e. The van der Waals surface area contributed by atoms with Crippen LogP contribution >= 0.6 is 11.3 Å². The molecule has 24 heavy (non-hydrogen) atoms. The van der Waals surface area contributed by atoms with E-state index in [1.807, 2.05) is 0 Å². The molecular formula is C15H15F5N2OS. The molecule has 0 unspecified atom stereocenters. The molecule has 1 aliphatic rings. The van der Waals surface area contributed by atoms with Crippen molar-refractivity contribution in [2.45, 2.75) is 31.4 Å². The van der Waals surface area contributed by atoms with Crippen LogP contribution in [0.4, 0.5) is 22.0 Å². The van der Waals surface area contributed by atoms with Crippen molar-refractivity contribution >= 4 is 23.0 Å². The van der Waals surface area contributed by atoms with Gasteiger partial charge in [-0.05, 0) is 43.5 Å². The summed E-state index contributed by atoms with van der Waals surface area (Å²) in [5.74, 6) is -5.20. The molecule has 0 spiro atoms. The monoisotopic (exact) mass is 366 g/mol. The number of nitrogens with one attached hydrogen (secondary N) is 1. The summed E-state index contributed by atoms with van der Waals surface area (Å²) in [6.07, 6.45) is -2.75. The zero-order valence-electron chi connectivity index (χ0n) is 12.5. The molecule has 2 rings (SSSR count). The van der Waals surface area contributed by atoms with Crippen LogP contribution in [0.25, 0.3) is 0 Å². The fourth-order valence-corrected chi connectivity index (χ4v) is 3.12. The Morgan fingerprint density at radius 1 is 1.08 bits per heavy atom. The molecule has 0 atom stereocenters. The number of thiophene rings is 1. The summed E-state index contributed by atoms with van der Waals surface area (Å²) in [4.78, 5) is 14.4. The third-order valence-corrected chi connectivity index (χ3v) is 4.67. The van der Waals surface area contributed by atoms with Crippen molar-refractivity contribution in [2.75, 3.05) is 13.1 Å². The van der Waals surface area contributed by atoms with Gasteiger partial charge in [-0.1, -0.05) is 0 Å². The Bertz CT molecular complexity index is 645. The third-order valence-electron chi connectivity index (χ3n) is 3.56. The maximum Gasteiger partial charge on any atom is 0.457 e. The molecule has 0 saturated carbocycles. The van der Waals surface area contributed by atoms with Crippen molar-refractivity contribution in [3.05, 3.63) is 34.0 Å². The van der Waals surface area contributed by atoms with Gasteiger partial charge < -0.3 is 4.90 Å². The van der Waals surface area contributed by atoms with Gasteiger partial charge in [0, 0.05) is 13.1 Å². The van der Waals surface area contributed by atoms with Crippen LogP contribution < -0.4 is 0 Å². The van der Waals surface area contributed by atoms with Crippen LogP contribution in [0.1, 0.15) is 33.8 Å². The predicted octanol–water partition coefficient (Wildman–Crippen LogP) is 4.50. The number of rotatable bonds is 4. The van der Waals surface area contributed by atoms with Crippen molar-refractivity contribution < 1.29 is 26.7 Å². The van der Waals surface area contributed by atoms with Gasteiger partial charge in [0.2, 0.25) is 0 Å². The highest BCUT2D eigenvalue weighted by atomic mass is 32.1. The Balaban J connectivity index is 2.07. The molecular weight excluding hydrogens is 351 g/mol. The molecule has 1 aliphatic heterocycles. The van der Waals surface area contributed by atoms with Gasteiger partial charge >= 0.3 is 12.1 Å². The fourth-order valence-electron chi connectivity index (χ4n) is 2.22. The summed E-state index contributed by atoms with van der Waals surface area (Å²) in [5, 5.41) is 7.61. The molecule has 132 valence electrons. The molecule has 0 aliphatic carbocycles. The van der Waals surface area contributed by atoms with Gasteiger partial charge in [-0.15, -0.1) is 11.3 Å². The normalized spacial score (nSPS) is 16.6. The maximum atomic E-state index is 12.8. The highest BCUT2D eigenvalue weighted by Gasteiger charge is 2.55. The van der Waals surface area contributed by atoms with Crippen molar-refractivity contribution in [1.82, 2.24) is 4.90 Å². The van der Waals surface area contributed by atoms with Crippen molar-refractivity contribution in [3.8, 4) is 0 Å². The van der Waals surface area contributed by atoms with E-state index in [1.165, 1.54) is 12.1 Å². The standard InChI is InChI=1S/C15H15F5N2OS/c16-14(17,15(18,19)20)7-6-10(21)11-4-5-12(24-11)13(23)22-8-2-1-3-9-22/h4-7,21H,1-3,8-9H2/b7-6+,21-10?. The molecule has 1 aromatic rings. The van der Waals surface area contributed by atoms with Crippen LogP contribution in [0.2, 0.25) is 0 Å². The Labute approximate surface area is 139 Å². The number of hydrogen-bond acceptors (Lipinski definition) is 3. The van der Waals surface area contributed by atoms with Gasteiger partial charge in [-0.3, -0.25) is 10.2 Å². The smallest absolute Gasteiger partial charge is 0.338 e. The van der Waals surface area contributed by atoms with E-state index in [2.05, 4.69) is 0 Å². The van der Waals surface area contributed by atoms with E-state index in [9.17, 15) is 26.7 Å². The topological polar surface area (TPSA) is 44.2 Å². The van der Waals surface area contributed by atoms with E-state index in [0.29, 0.717) is 24.0 Å². The third kappa shape index (κ3) is 4.19. The predicted molar refractivity (Wildman–Crippen MR) is 81.0 cm³/mol. The SMILES string of the molecule is N=C(/C=C/C(F)(F)C(F)(F)F)c1ccc(C(=O)N2CCCCC2)s1. The van der Waals surface area contributed by atoms with Crippen LogP contribution in [-0.4, -0.2) is 41.7 Å². The Hall–Kier alpha value is -1.77. The van der Waals surface area contributed by atoms with E-state index < -0.39 is 17.8 Å². The number of alkyl halides is 5. The number of allylic oxidation sites excluding steroid dienone is 2. The summed E-state index contributed by atoms with van der Waals surface area (Å²) in [5.41, 5.74) is -0.499. The first-order chi connectivity index (χ1) is 11.1. The number of carbonyl (C=O) groups excluding carboxylic acids is 1. The average molecular weight is 366 g/mol. The van der Waals surface area contributed by atoms with Gasteiger partial charge in [0.1, 0.15) is 0 Å². The first-order valence-electron chi connectivity index (χ1n) is 7.23. The number of nitrogens with zero attached hydrogens (tertiary/aromatic N) is 1. The van der Waals surface area contributed by atoms with Crippen LogP contribution in [0.5, 0.6) is 0 Å². The average Bonchev–Trinajstić information content (AvgIpc) is 3.01. The highest BCUT2D eigenvalue weighted by Crippen LogP contribution is 2.36. The van der Waals surface area contributed by atoms with E-state index in [0.717, 1.165) is 30.6 Å². The highest BCUT2D eigenvalue weighted by molar-refractivity contribution is 7.16. The van der Waals surface area contributed by atoms with Gasteiger partial charge in [0.25, 0.3) is 5.91 Å². The lowest BCUT2D eigenvalue weighted by molar-refractivity contribution is -0.259. The summed E-state index contributed by atoms with van der Waals surface area (Å²) >= 11 is 0.908. The summed E-state index contributed by atoms with van der Waals surface area (Å²) in [7, 11) is 0. The molecule has 3 nitrogen and oxygen atoms in total. The second kappa shape index (κ2) is 7.00. The van der Waals surface area contributed by atoms with Crippen molar-refractivity contribution in [1.29, 1.82) is 5.41 Å². The lowest BCUT2D eigenvalue weighted by Gasteiger charge is -2.26. The second-order valence-electron chi connectivity index (χ2n) is 5.38. The van der Waals surface area contributed by atoms with Crippen molar-refractivity contribution in [3.63, 3.8) is 0 Å². The molecule has 1 amide bonds. The molecule has 1 N–H and O–H groups in total. The lowest BCUT2D eigenvalue weighted by Crippen LogP contribution is -2.35. The number of piperidine rings is 1. The van der Waals surface area contributed by atoms with Crippen LogP contribution in [0, 0.1) is 5.41 Å². The quantitative estimate of drug-likeness (QED) is 0.619. The van der Waals surface area contributed by atoms with Gasteiger partial charge in [-0.25, -0.2) is 0 Å². The van der Waals surface area contributed by atoms with Crippen LogP contribution in [0.15, 0.2) is 24.3 Å². The summed E-state index contributed by atoms with van der Waals surface area (Å²) < 4.78 is 61.9. The number of hydrogen-bond donors (Lipinski definition) is 1. The second-order valence-corrected chi connectivity index (χ2v) is 6.47. The van der Waals surface area contributed by atoms with E-state index in [-0.39, 0.29) is 16.9 Å². The molecule has 0 radical (unpaired) electrons. The Morgan fingerprint density at radius 3 is 2.25 bits per heavy atom. The first kappa shape index (κ1) is 18.6. The molecule has 2 heterocycles. The minimum absolute atomic E-state index is 0.157. The largest absolute Gasteiger partial charge is 0.457 e. The Morgan fingerprint density at radius 2 is 1.67 bits per heavy atom. The van der Waals surface area contributed by atoms with E-state index in [4.69, 9.17) is 5.41 Å². The van der Waals surface area contributed by atoms with Crippen LogP contribution in [0.3, 0.4) is 0 Å². The molecule has 0 aromatic carbocycles. The molecule has 1 saturated heterocycles. The van der Waals surface area contributed by atoms with Crippen LogP contribution in [-0.2, 0) is 0 Å². The summed E-state index contributed by atoms with van der Waals surface area (Å²) in [6.45, 7) is 1.28. The fraction of sp³-hybridized carbons (Fsp3) is 0.467. The van der Waals surface area contributed by atoms with Crippen molar-refractivity contribution in [2.24, 2.45) is 0 Å². The van der Waals surface area contributed by atoms with E-state index >= 15 is 0 Å². The number of likely N-dealkylation sites (tertiary alicyclic amines) is 1. The number of carbonyl (C=O) groups is 1. The first-order valence-corrected chi connectivity index (χ1v) is 8.05. The number of halogens is 5. The van der Waals surface area contributed by atoms with E-state index in [1.54, 1.807) is 4.90 Å². The minimum atomic E-state index is -5.70. The van der Waals surface area contributed by atoms with Gasteiger partial charge in [0.15, 0.2) is 0 Å². The zero-order chi connectivity index (χ0) is 18.0. The summed E-state index contributed by atoms with van der Waals surface area (Å²) in [6, 6.07) is 2.83. The van der Waals surface area contributed by atoms with Gasteiger partial charge in [0.05, 0.1) is 15.5 Å². The lowest BCUT2D eigenvalue weighted by atomic mass is 10.1. The zero-order valence-corrected chi connectivity index (χ0v) is 13.3. The molecule has 0 bridgehead atoms. The molecule has 1 aromatic heterocycles. The molecule has 1 fully saturated rings. The maximum absolute atomic E-state index is 12.8. The number of amides is 1. The molecule has 9 heteroatoms. The Kier molecular flexibility index (Phi) is 5.42. The van der Waals surface area contributed by atoms with Gasteiger partial charge in [-0.2, -0.15) is 22.0 Å².